The molecule has 0 N–H and O–H groups in total. The molecule has 0 aliphatic carbocycles. The molecule has 1 aromatic carbocycles. The summed E-state index contributed by atoms with van der Waals surface area (Å²) in [6.45, 7) is 7.77. The van der Waals surface area contributed by atoms with E-state index in [0.717, 1.165) is 25.4 Å². The molecule has 2 nitrogen and oxygen atoms in total. The van der Waals surface area contributed by atoms with Gasteiger partial charge in [0.1, 0.15) is 0 Å². The molecule has 0 heterocycles. The molecule has 0 aromatic heterocycles. The first-order chi connectivity index (χ1) is 8.21. The molecule has 1 aromatic rings. The molecule has 1 rings (SSSR count). The fourth-order valence-electron chi connectivity index (χ4n) is 1.95. The minimum absolute atomic E-state index is 0.937. The summed E-state index contributed by atoms with van der Waals surface area (Å²) >= 11 is 3.13. The van der Waals surface area contributed by atoms with Crippen molar-refractivity contribution in [1.82, 2.24) is 4.90 Å². The van der Waals surface area contributed by atoms with Gasteiger partial charge in [0, 0.05) is 0 Å². The maximum absolute atomic E-state index is 5.28. The third-order valence-corrected chi connectivity index (χ3v) is 3.58. The van der Waals surface area contributed by atoms with Crippen LogP contribution in [0.1, 0.15) is 32.3 Å². The average molecular weight is 299 g/mol. The summed E-state index contributed by atoms with van der Waals surface area (Å²) in [5.41, 5.74) is 1.33. The first kappa shape index (κ1) is 14.6. The van der Waals surface area contributed by atoms with E-state index in [9.17, 15) is 0 Å². The van der Waals surface area contributed by atoms with E-state index in [1.807, 2.05) is 6.07 Å². The SMILES string of the molecule is CCCN(CCC)Cc1cc(OC)ccc1[Se]. The Kier molecular flexibility index (Phi) is 6.64. The van der Waals surface area contributed by atoms with Crippen LogP contribution in [0.4, 0.5) is 0 Å². The Balaban J connectivity index is 2.76. The van der Waals surface area contributed by atoms with Crippen molar-refractivity contribution in [3.63, 3.8) is 0 Å². The van der Waals surface area contributed by atoms with Crippen LogP contribution in [0.2, 0.25) is 0 Å². The minimum atomic E-state index is 0.937. The van der Waals surface area contributed by atoms with Crippen LogP contribution >= 0.6 is 0 Å². The first-order valence-electron chi connectivity index (χ1n) is 6.27. The molecule has 1 radical (unpaired) electrons. The van der Waals surface area contributed by atoms with E-state index in [1.54, 1.807) is 7.11 Å². The molecule has 0 spiro atoms. The molecule has 0 unspecified atom stereocenters. The number of nitrogens with zero attached hydrogens (tertiary/aromatic N) is 1. The van der Waals surface area contributed by atoms with E-state index in [4.69, 9.17) is 4.74 Å². The van der Waals surface area contributed by atoms with E-state index in [-0.39, 0.29) is 0 Å². The summed E-state index contributed by atoms with van der Waals surface area (Å²) < 4.78 is 6.50. The van der Waals surface area contributed by atoms with Crippen molar-refractivity contribution in [3.8, 4) is 5.75 Å². The van der Waals surface area contributed by atoms with E-state index < -0.39 is 0 Å². The number of ether oxygens (including phenoxy) is 1. The van der Waals surface area contributed by atoms with Gasteiger partial charge >= 0.3 is 113 Å². The predicted molar refractivity (Wildman–Crippen MR) is 74.2 cm³/mol. The van der Waals surface area contributed by atoms with Crippen LogP contribution in [0.25, 0.3) is 0 Å². The number of benzene rings is 1. The van der Waals surface area contributed by atoms with Gasteiger partial charge in [-0.05, 0) is 0 Å². The molecular formula is C14H22NOSe. The standard InChI is InChI=1S/C14H22NOSe/c1-4-8-15(9-5-2)11-12-10-13(16-3)6-7-14(12)17/h6-7,10H,4-5,8-9,11H2,1-3H3. The third kappa shape index (κ3) is 4.71. The fourth-order valence-corrected chi connectivity index (χ4v) is 2.35. The monoisotopic (exact) mass is 300 g/mol. The van der Waals surface area contributed by atoms with E-state index in [2.05, 4.69) is 46.9 Å². The van der Waals surface area contributed by atoms with Crippen LogP contribution in [0.3, 0.4) is 0 Å². The number of hydrogen-bond acceptors (Lipinski definition) is 2. The maximum atomic E-state index is 5.28. The number of rotatable bonds is 7. The van der Waals surface area contributed by atoms with Gasteiger partial charge in [-0.2, -0.15) is 0 Å². The Labute approximate surface area is 113 Å². The van der Waals surface area contributed by atoms with Crippen LogP contribution < -0.4 is 9.20 Å². The van der Waals surface area contributed by atoms with Crippen LogP contribution in [0.15, 0.2) is 18.2 Å². The van der Waals surface area contributed by atoms with Crippen molar-refractivity contribution in [3.05, 3.63) is 23.8 Å². The average Bonchev–Trinajstić information content (AvgIpc) is 2.32. The quantitative estimate of drug-likeness (QED) is 0.715. The van der Waals surface area contributed by atoms with Crippen LogP contribution in [0.5, 0.6) is 5.75 Å². The second-order valence-corrected chi connectivity index (χ2v) is 5.17. The second kappa shape index (κ2) is 7.75. The summed E-state index contributed by atoms with van der Waals surface area (Å²) in [7, 11) is 1.72. The van der Waals surface area contributed by atoms with Gasteiger partial charge in [-0.25, -0.2) is 0 Å². The van der Waals surface area contributed by atoms with Gasteiger partial charge in [-0.3, -0.25) is 0 Å². The molecule has 0 aliphatic rings. The molecular weight excluding hydrogens is 277 g/mol. The van der Waals surface area contributed by atoms with Gasteiger partial charge in [0.15, 0.2) is 0 Å². The zero-order valence-corrected chi connectivity index (χ0v) is 12.7. The van der Waals surface area contributed by atoms with Crippen LogP contribution in [-0.2, 0) is 6.54 Å². The molecule has 0 fully saturated rings. The Hall–Kier alpha value is -0.501. The Morgan fingerprint density at radius 3 is 2.35 bits per heavy atom. The molecule has 0 atom stereocenters. The Bertz CT molecular complexity index is 335. The summed E-state index contributed by atoms with van der Waals surface area (Å²) in [6, 6.07) is 6.22. The molecule has 0 saturated carbocycles. The first-order valence-corrected chi connectivity index (χ1v) is 7.13. The Morgan fingerprint density at radius 1 is 1.18 bits per heavy atom. The van der Waals surface area contributed by atoms with Gasteiger partial charge < -0.3 is 0 Å². The van der Waals surface area contributed by atoms with Crippen molar-refractivity contribution < 1.29 is 4.74 Å². The molecule has 0 saturated heterocycles. The zero-order chi connectivity index (χ0) is 12.7. The van der Waals surface area contributed by atoms with Crippen LogP contribution in [-0.4, -0.2) is 41.1 Å². The molecule has 0 aliphatic heterocycles. The van der Waals surface area contributed by atoms with Gasteiger partial charge in [0.2, 0.25) is 0 Å². The van der Waals surface area contributed by atoms with Gasteiger partial charge in [0.05, 0.1) is 0 Å². The van der Waals surface area contributed by atoms with Crippen molar-refractivity contribution in [2.75, 3.05) is 20.2 Å². The summed E-state index contributed by atoms with van der Waals surface area (Å²) in [5.74, 6) is 0.937. The van der Waals surface area contributed by atoms with Crippen molar-refractivity contribution in [2.24, 2.45) is 0 Å². The molecule has 0 amide bonds. The summed E-state index contributed by atoms with van der Waals surface area (Å²) in [4.78, 5) is 2.50. The van der Waals surface area contributed by atoms with Gasteiger partial charge in [-0.15, -0.1) is 0 Å². The molecule has 0 bridgehead atoms. The topological polar surface area (TPSA) is 12.5 Å². The summed E-state index contributed by atoms with van der Waals surface area (Å²) in [5, 5.41) is 0. The van der Waals surface area contributed by atoms with Crippen molar-refractivity contribution in [2.45, 2.75) is 33.2 Å². The van der Waals surface area contributed by atoms with E-state index in [0.29, 0.717) is 0 Å². The molecule has 17 heavy (non-hydrogen) atoms. The van der Waals surface area contributed by atoms with Crippen molar-refractivity contribution in [1.29, 1.82) is 0 Å². The van der Waals surface area contributed by atoms with E-state index in [1.165, 1.54) is 22.9 Å². The fraction of sp³-hybridized carbons (Fsp3) is 0.571. The normalized spacial score (nSPS) is 10.8. The van der Waals surface area contributed by atoms with Gasteiger partial charge in [-0.1, -0.05) is 0 Å². The van der Waals surface area contributed by atoms with E-state index >= 15 is 0 Å². The second-order valence-electron chi connectivity index (χ2n) is 4.25. The Morgan fingerprint density at radius 2 is 1.82 bits per heavy atom. The summed E-state index contributed by atoms with van der Waals surface area (Å²) in [6.07, 6.45) is 2.40. The van der Waals surface area contributed by atoms with Gasteiger partial charge in [0.25, 0.3) is 0 Å². The molecule has 95 valence electrons. The number of methoxy groups -OCH3 is 1. The number of hydrogen-bond donors (Lipinski definition) is 0. The third-order valence-electron chi connectivity index (χ3n) is 2.74. The zero-order valence-electron chi connectivity index (χ0n) is 11.0. The van der Waals surface area contributed by atoms with Crippen molar-refractivity contribution >= 4 is 20.5 Å². The van der Waals surface area contributed by atoms with Crippen LogP contribution in [0, 0.1) is 0 Å². The molecule has 3 heteroatoms. The predicted octanol–water partition coefficient (Wildman–Crippen LogP) is 2.11.